The summed E-state index contributed by atoms with van der Waals surface area (Å²) in [4.78, 5) is 3.09. The second kappa shape index (κ2) is 3.00. The lowest BCUT2D eigenvalue weighted by molar-refractivity contribution is 0.476. The maximum atomic E-state index is 9.00. The fourth-order valence-corrected chi connectivity index (χ4v) is 0.970. The zero-order chi connectivity index (χ0) is 8.43. The van der Waals surface area contributed by atoms with Crippen molar-refractivity contribution in [1.82, 2.24) is 0 Å². The Morgan fingerprint density at radius 3 is 2.45 bits per heavy atom. The second-order valence-electron chi connectivity index (χ2n) is 1.87. The van der Waals surface area contributed by atoms with Gasteiger partial charge in [-0.15, -0.1) is 0 Å². The predicted molar refractivity (Wildman–Crippen MR) is 44.4 cm³/mol. The first-order valence-electron chi connectivity index (χ1n) is 2.70. The number of phenolic OH excluding ortho intramolecular Hbond substituents is 1. The van der Waals surface area contributed by atoms with E-state index in [2.05, 4.69) is 4.85 Å². The Bertz CT molecular complexity index is 330. The lowest BCUT2D eigenvalue weighted by atomic mass is 10.3. The number of phenols is 1. The maximum Gasteiger partial charge on any atom is 0.207 e. The molecule has 2 nitrogen and oxygen atoms in total. The summed E-state index contributed by atoms with van der Waals surface area (Å²) in [5.74, 6) is -0.107. The van der Waals surface area contributed by atoms with E-state index in [1.54, 1.807) is 0 Å². The number of hydrogen-bond acceptors (Lipinski definition) is 1. The lowest BCUT2D eigenvalue weighted by Gasteiger charge is -1.98. The van der Waals surface area contributed by atoms with Crippen LogP contribution in [0.3, 0.4) is 0 Å². The first-order chi connectivity index (χ1) is 5.15. The standard InChI is InChI=1S/C7H3Cl2NO/c1-10-6-2-5(9)7(11)3-4(6)8/h2-3,11H. The van der Waals surface area contributed by atoms with Crippen molar-refractivity contribution in [3.05, 3.63) is 33.6 Å². The van der Waals surface area contributed by atoms with Crippen LogP contribution in [0, 0.1) is 6.57 Å². The molecule has 0 saturated carbocycles. The zero-order valence-electron chi connectivity index (χ0n) is 5.31. The van der Waals surface area contributed by atoms with Crippen LogP contribution in [-0.2, 0) is 0 Å². The molecular formula is C7H3Cl2NO. The van der Waals surface area contributed by atoms with Crippen LogP contribution in [0.4, 0.5) is 5.69 Å². The van der Waals surface area contributed by atoms with E-state index < -0.39 is 0 Å². The second-order valence-corrected chi connectivity index (χ2v) is 2.68. The topological polar surface area (TPSA) is 24.6 Å². The number of rotatable bonds is 0. The number of nitrogens with zero attached hydrogens (tertiary/aromatic N) is 1. The van der Waals surface area contributed by atoms with Crippen molar-refractivity contribution in [3.8, 4) is 5.75 Å². The van der Waals surface area contributed by atoms with Crippen molar-refractivity contribution in [3.63, 3.8) is 0 Å². The highest BCUT2D eigenvalue weighted by Crippen LogP contribution is 2.34. The summed E-state index contributed by atoms with van der Waals surface area (Å²) in [5.41, 5.74) is 0.245. The molecule has 0 atom stereocenters. The van der Waals surface area contributed by atoms with E-state index in [0.29, 0.717) is 0 Å². The van der Waals surface area contributed by atoms with Gasteiger partial charge in [0, 0.05) is 0 Å². The molecular weight excluding hydrogens is 185 g/mol. The van der Waals surface area contributed by atoms with Crippen molar-refractivity contribution in [2.75, 3.05) is 0 Å². The first kappa shape index (κ1) is 8.19. The molecule has 0 aliphatic heterocycles. The van der Waals surface area contributed by atoms with Crippen molar-refractivity contribution < 1.29 is 5.11 Å². The van der Waals surface area contributed by atoms with Crippen LogP contribution in [0.2, 0.25) is 10.0 Å². The smallest absolute Gasteiger partial charge is 0.207 e. The van der Waals surface area contributed by atoms with Crippen LogP contribution < -0.4 is 0 Å². The molecule has 0 aliphatic rings. The minimum absolute atomic E-state index is 0.107. The molecule has 1 rings (SSSR count). The Hall–Kier alpha value is -0.910. The minimum atomic E-state index is -0.107. The van der Waals surface area contributed by atoms with Gasteiger partial charge < -0.3 is 5.11 Å². The SMILES string of the molecule is [C-]#[N+]c1cc(Cl)c(O)cc1Cl. The van der Waals surface area contributed by atoms with E-state index in [0.717, 1.165) is 0 Å². The number of hydrogen-bond donors (Lipinski definition) is 1. The van der Waals surface area contributed by atoms with Gasteiger partial charge >= 0.3 is 0 Å². The molecule has 1 aromatic rings. The molecule has 0 aliphatic carbocycles. The Kier molecular flexibility index (Phi) is 2.23. The molecule has 56 valence electrons. The normalized spacial score (nSPS) is 9.18. The van der Waals surface area contributed by atoms with E-state index in [9.17, 15) is 0 Å². The molecule has 0 amide bonds. The summed E-state index contributed by atoms with van der Waals surface area (Å²) in [7, 11) is 0. The van der Waals surface area contributed by atoms with Gasteiger partial charge in [0.2, 0.25) is 5.69 Å². The van der Waals surface area contributed by atoms with E-state index in [1.165, 1.54) is 12.1 Å². The predicted octanol–water partition coefficient (Wildman–Crippen LogP) is 3.25. The van der Waals surface area contributed by atoms with Crippen LogP contribution in [0.5, 0.6) is 5.75 Å². The quantitative estimate of drug-likeness (QED) is 0.621. The molecule has 0 fully saturated rings. The molecule has 0 heterocycles. The Morgan fingerprint density at radius 1 is 1.27 bits per heavy atom. The van der Waals surface area contributed by atoms with Gasteiger partial charge in [-0.3, -0.25) is 0 Å². The molecule has 0 unspecified atom stereocenters. The Morgan fingerprint density at radius 2 is 1.91 bits per heavy atom. The van der Waals surface area contributed by atoms with Crippen LogP contribution >= 0.6 is 23.2 Å². The highest BCUT2D eigenvalue weighted by molar-refractivity contribution is 6.36. The number of aromatic hydroxyl groups is 1. The lowest BCUT2D eigenvalue weighted by Crippen LogP contribution is -1.69. The van der Waals surface area contributed by atoms with Crippen LogP contribution in [0.25, 0.3) is 4.85 Å². The van der Waals surface area contributed by atoms with Crippen molar-refractivity contribution in [2.45, 2.75) is 0 Å². The highest BCUT2D eigenvalue weighted by Gasteiger charge is 2.04. The summed E-state index contributed by atoms with van der Waals surface area (Å²) < 4.78 is 0. The number of halogens is 2. The third-order valence-corrected chi connectivity index (χ3v) is 1.74. The molecule has 0 aromatic heterocycles. The van der Waals surface area contributed by atoms with Gasteiger partial charge in [0.15, 0.2) is 0 Å². The molecule has 0 saturated heterocycles. The maximum absolute atomic E-state index is 9.00. The van der Waals surface area contributed by atoms with Gasteiger partial charge in [-0.05, 0) is 12.1 Å². The number of benzene rings is 1. The molecule has 1 aromatic carbocycles. The molecule has 0 bridgehead atoms. The van der Waals surface area contributed by atoms with E-state index in [1.807, 2.05) is 0 Å². The summed E-state index contributed by atoms with van der Waals surface area (Å²) in [6.45, 7) is 6.65. The molecule has 11 heavy (non-hydrogen) atoms. The molecule has 0 radical (unpaired) electrons. The summed E-state index contributed by atoms with van der Waals surface area (Å²) in [5, 5.41) is 9.35. The van der Waals surface area contributed by atoms with Gasteiger partial charge in [0.1, 0.15) is 5.75 Å². The van der Waals surface area contributed by atoms with Crippen molar-refractivity contribution >= 4 is 28.9 Å². The van der Waals surface area contributed by atoms with Crippen molar-refractivity contribution in [2.24, 2.45) is 0 Å². The minimum Gasteiger partial charge on any atom is -0.506 e. The highest BCUT2D eigenvalue weighted by atomic mass is 35.5. The molecule has 4 heteroatoms. The van der Waals surface area contributed by atoms with Crippen LogP contribution in [0.1, 0.15) is 0 Å². The fraction of sp³-hybridized carbons (Fsp3) is 0. The third kappa shape index (κ3) is 1.56. The van der Waals surface area contributed by atoms with Gasteiger partial charge in [0.05, 0.1) is 16.6 Å². The fourth-order valence-electron chi connectivity index (χ4n) is 0.612. The van der Waals surface area contributed by atoms with E-state index in [-0.39, 0.29) is 21.5 Å². The first-order valence-corrected chi connectivity index (χ1v) is 3.46. The molecule has 0 spiro atoms. The summed E-state index contributed by atoms with van der Waals surface area (Å²) in [6.07, 6.45) is 0. The van der Waals surface area contributed by atoms with E-state index in [4.69, 9.17) is 34.9 Å². The molecule has 1 N–H and O–H groups in total. The van der Waals surface area contributed by atoms with Crippen LogP contribution in [-0.4, -0.2) is 5.11 Å². The van der Waals surface area contributed by atoms with Crippen LogP contribution in [0.15, 0.2) is 12.1 Å². The summed E-state index contributed by atoms with van der Waals surface area (Å²) in [6, 6.07) is 2.57. The van der Waals surface area contributed by atoms with Gasteiger partial charge in [-0.25, -0.2) is 4.85 Å². The average molecular weight is 188 g/mol. The van der Waals surface area contributed by atoms with Crippen molar-refractivity contribution in [1.29, 1.82) is 0 Å². The zero-order valence-corrected chi connectivity index (χ0v) is 6.82. The van der Waals surface area contributed by atoms with Gasteiger partial charge in [-0.2, -0.15) is 0 Å². The Balaban J connectivity index is 3.35. The van der Waals surface area contributed by atoms with E-state index >= 15 is 0 Å². The van der Waals surface area contributed by atoms with Gasteiger partial charge in [-0.1, -0.05) is 23.2 Å². The average Bonchev–Trinajstić information content (AvgIpc) is 1.97. The monoisotopic (exact) mass is 187 g/mol. The van der Waals surface area contributed by atoms with Gasteiger partial charge in [0.25, 0.3) is 0 Å². The largest absolute Gasteiger partial charge is 0.506 e. The summed E-state index contributed by atoms with van der Waals surface area (Å²) >= 11 is 11.1. The Labute approximate surface area is 73.8 Å². The third-order valence-electron chi connectivity index (χ3n) is 1.14.